The molecule has 0 unspecified atom stereocenters. The highest BCUT2D eigenvalue weighted by molar-refractivity contribution is 5.94. The molecule has 0 saturated carbocycles. The van der Waals surface area contributed by atoms with Crippen molar-refractivity contribution in [2.24, 2.45) is 7.05 Å². The summed E-state index contributed by atoms with van der Waals surface area (Å²) in [5.74, 6) is 0.399. The molecular weight excluding hydrogens is 208 g/mol. The second-order valence-electron chi connectivity index (χ2n) is 3.19. The summed E-state index contributed by atoms with van der Waals surface area (Å²) >= 11 is 0. The summed E-state index contributed by atoms with van der Waals surface area (Å²) in [6, 6.07) is 0. The predicted octanol–water partition coefficient (Wildman–Crippen LogP) is 0.694. The van der Waals surface area contributed by atoms with Crippen LogP contribution in [0.3, 0.4) is 0 Å². The van der Waals surface area contributed by atoms with E-state index in [-0.39, 0.29) is 0 Å². The van der Waals surface area contributed by atoms with Crippen LogP contribution in [0.1, 0.15) is 5.56 Å². The van der Waals surface area contributed by atoms with Crippen LogP contribution in [0, 0.1) is 0 Å². The molecule has 0 spiro atoms. The molecule has 0 aliphatic rings. The van der Waals surface area contributed by atoms with E-state index in [1.54, 1.807) is 6.08 Å². The molecule has 0 aliphatic carbocycles. The number of nitrogens with two attached hydrogens (primary N) is 1. The van der Waals surface area contributed by atoms with Crippen molar-refractivity contribution in [2.45, 2.75) is 0 Å². The molecule has 0 radical (unpaired) electrons. The summed E-state index contributed by atoms with van der Waals surface area (Å²) in [6.07, 6.45) is 6.16. The van der Waals surface area contributed by atoms with Gasteiger partial charge in [-0.1, -0.05) is 0 Å². The smallest absolute Gasteiger partial charge is 0.297 e. The first-order chi connectivity index (χ1) is 7.74. The lowest BCUT2D eigenvalue weighted by atomic mass is 10.2. The first kappa shape index (κ1) is 10.2. The van der Waals surface area contributed by atoms with Gasteiger partial charge in [0.05, 0.1) is 11.6 Å². The molecule has 2 heterocycles. The molecule has 0 saturated heterocycles. The van der Waals surface area contributed by atoms with Gasteiger partial charge in [-0.2, -0.15) is 0 Å². The largest absolute Gasteiger partial charge is 0.437 e. The van der Waals surface area contributed by atoms with E-state index in [2.05, 4.69) is 14.7 Å². The Morgan fingerprint density at radius 2 is 2.31 bits per heavy atom. The quantitative estimate of drug-likeness (QED) is 0.605. The van der Waals surface area contributed by atoms with Crippen molar-refractivity contribution in [3.63, 3.8) is 0 Å². The molecule has 82 valence electrons. The number of hydrogen-bond donors (Lipinski definition) is 1. The van der Waals surface area contributed by atoms with Gasteiger partial charge in [0.2, 0.25) is 0 Å². The third-order valence-corrected chi connectivity index (χ3v) is 2.19. The molecule has 2 N–H and O–H groups in total. The highest BCUT2D eigenvalue weighted by Gasteiger charge is 2.09. The van der Waals surface area contributed by atoms with E-state index < -0.39 is 0 Å². The van der Waals surface area contributed by atoms with Gasteiger partial charge < -0.3 is 15.0 Å². The minimum Gasteiger partial charge on any atom is -0.437 e. The Kier molecular flexibility index (Phi) is 2.55. The number of carbonyl (C=O) groups is 1. The Balaban J connectivity index is 2.57. The molecule has 16 heavy (non-hydrogen) atoms. The van der Waals surface area contributed by atoms with Gasteiger partial charge in [0.1, 0.15) is 17.8 Å². The van der Waals surface area contributed by atoms with Gasteiger partial charge in [0.15, 0.2) is 0 Å². The van der Waals surface area contributed by atoms with Crippen LogP contribution in [0.2, 0.25) is 0 Å². The van der Waals surface area contributed by atoms with Crippen molar-refractivity contribution in [2.75, 3.05) is 5.73 Å². The minimum absolute atomic E-state index is 0.349. The number of nitrogen functional groups attached to an aromatic ring is 1. The fourth-order valence-corrected chi connectivity index (χ4v) is 1.54. The highest BCUT2D eigenvalue weighted by atomic mass is 16.5. The van der Waals surface area contributed by atoms with Crippen LogP contribution in [0.25, 0.3) is 17.1 Å². The number of carbonyl (C=O) groups excluding carboxylic acids is 1. The maximum atomic E-state index is 10.0. The van der Waals surface area contributed by atoms with Crippen molar-refractivity contribution in [1.29, 1.82) is 0 Å². The molecule has 2 aromatic rings. The second-order valence-corrected chi connectivity index (χ2v) is 3.19. The topological polar surface area (TPSA) is 83.0 Å². The Bertz CT molecular complexity index is 559. The normalized spacial score (nSPS) is 11.1. The average Bonchev–Trinajstić information content (AvgIpc) is 2.58. The molecule has 2 aromatic heterocycles. The van der Waals surface area contributed by atoms with Gasteiger partial charge in [-0.3, -0.25) is 4.79 Å². The fraction of sp³-hybridized carbons (Fsp3) is 0.100. The number of rotatable bonds is 3. The Morgan fingerprint density at radius 3 is 3.06 bits per heavy atom. The van der Waals surface area contributed by atoms with E-state index >= 15 is 0 Å². The third kappa shape index (κ3) is 1.60. The molecule has 6 nitrogen and oxygen atoms in total. The Hall–Kier alpha value is -2.37. The second kappa shape index (κ2) is 4.01. The molecule has 0 fully saturated rings. The Labute approximate surface area is 91.4 Å². The fourth-order valence-electron chi connectivity index (χ4n) is 1.54. The average molecular weight is 218 g/mol. The van der Waals surface area contributed by atoms with E-state index in [4.69, 9.17) is 5.73 Å². The SMILES string of the molecule is Cn1cc(C=COC=O)c2c(N)ncnc21. The minimum atomic E-state index is 0.349. The van der Waals surface area contributed by atoms with Crippen LogP contribution in [0.5, 0.6) is 0 Å². The van der Waals surface area contributed by atoms with Crippen LogP contribution < -0.4 is 5.73 Å². The van der Waals surface area contributed by atoms with Gasteiger partial charge in [-0.15, -0.1) is 0 Å². The monoisotopic (exact) mass is 218 g/mol. The molecular formula is C10H10N4O2. The first-order valence-corrected chi connectivity index (χ1v) is 4.55. The molecule has 0 amide bonds. The Morgan fingerprint density at radius 1 is 1.50 bits per heavy atom. The number of ether oxygens (including phenoxy) is 1. The van der Waals surface area contributed by atoms with Crippen molar-refractivity contribution < 1.29 is 9.53 Å². The number of fused-ring (bicyclic) bond motifs is 1. The lowest BCUT2D eigenvalue weighted by Gasteiger charge is -1.96. The maximum absolute atomic E-state index is 10.0. The van der Waals surface area contributed by atoms with Gasteiger partial charge in [0, 0.05) is 18.8 Å². The summed E-state index contributed by atoms with van der Waals surface area (Å²) in [7, 11) is 1.85. The molecule has 2 rings (SSSR count). The van der Waals surface area contributed by atoms with Gasteiger partial charge in [-0.05, 0) is 6.08 Å². The van der Waals surface area contributed by atoms with Crippen LogP contribution in [0.4, 0.5) is 5.82 Å². The van der Waals surface area contributed by atoms with Gasteiger partial charge >= 0.3 is 0 Å². The molecule has 0 aliphatic heterocycles. The van der Waals surface area contributed by atoms with E-state index in [1.165, 1.54) is 12.6 Å². The van der Waals surface area contributed by atoms with Crippen LogP contribution in [-0.4, -0.2) is 21.0 Å². The zero-order valence-corrected chi connectivity index (χ0v) is 8.62. The van der Waals surface area contributed by atoms with E-state index in [0.717, 1.165) is 16.6 Å². The van der Waals surface area contributed by atoms with E-state index in [9.17, 15) is 4.79 Å². The molecule has 0 atom stereocenters. The summed E-state index contributed by atoms with van der Waals surface area (Å²) < 4.78 is 6.31. The van der Waals surface area contributed by atoms with Crippen LogP contribution >= 0.6 is 0 Å². The van der Waals surface area contributed by atoms with Crippen LogP contribution in [-0.2, 0) is 16.6 Å². The summed E-state index contributed by atoms with van der Waals surface area (Å²) in [6.45, 7) is 0.349. The lowest BCUT2D eigenvalue weighted by molar-refractivity contribution is -0.123. The van der Waals surface area contributed by atoms with Crippen molar-refractivity contribution in [1.82, 2.24) is 14.5 Å². The van der Waals surface area contributed by atoms with Gasteiger partial charge in [-0.25, -0.2) is 9.97 Å². The number of aromatic nitrogens is 3. The lowest BCUT2D eigenvalue weighted by Crippen LogP contribution is -1.94. The summed E-state index contributed by atoms with van der Waals surface area (Å²) in [5, 5.41) is 0.746. The highest BCUT2D eigenvalue weighted by Crippen LogP contribution is 2.23. The zero-order valence-electron chi connectivity index (χ0n) is 8.62. The number of hydrogen-bond acceptors (Lipinski definition) is 5. The van der Waals surface area contributed by atoms with Crippen molar-refractivity contribution >= 4 is 29.4 Å². The van der Waals surface area contributed by atoms with Gasteiger partial charge in [0.25, 0.3) is 6.47 Å². The summed E-state index contributed by atoms with van der Waals surface area (Å²) in [5.41, 5.74) is 7.30. The van der Waals surface area contributed by atoms with E-state index in [0.29, 0.717) is 12.3 Å². The molecule has 0 aromatic carbocycles. The summed E-state index contributed by atoms with van der Waals surface area (Å²) in [4.78, 5) is 18.0. The van der Waals surface area contributed by atoms with E-state index in [1.807, 2.05) is 17.8 Å². The number of nitrogens with zero attached hydrogens (tertiary/aromatic N) is 3. The molecule has 0 bridgehead atoms. The zero-order chi connectivity index (χ0) is 11.5. The first-order valence-electron chi connectivity index (χ1n) is 4.55. The maximum Gasteiger partial charge on any atom is 0.297 e. The molecule has 6 heteroatoms. The number of anilines is 1. The van der Waals surface area contributed by atoms with Crippen LogP contribution in [0.15, 0.2) is 18.8 Å². The third-order valence-electron chi connectivity index (χ3n) is 2.19. The standard InChI is InChI=1S/C10H10N4O2/c1-14-4-7(2-3-16-6-15)8-9(11)12-5-13-10(8)14/h2-6H,1H3,(H2,11,12,13). The number of aryl methyl sites for hydroxylation is 1. The van der Waals surface area contributed by atoms with Crippen molar-refractivity contribution in [3.8, 4) is 0 Å². The van der Waals surface area contributed by atoms with Crippen molar-refractivity contribution in [3.05, 3.63) is 24.3 Å². The predicted molar refractivity (Wildman–Crippen MR) is 59.1 cm³/mol.